The van der Waals surface area contributed by atoms with E-state index in [0.717, 1.165) is 278 Å². The molecular weight excluding hydrogens is 1590 g/mol. The Bertz CT molecular complexity index is 4700. The van der Waals surface area contributed by atoms with Gasteiger partial charge in [0.15, 0.2) is 0 Å². The van der Waals surface area contributed by atoms with Crippen LogP contribution in [0, 0.1) is 295 Å². The lowest BCUT2D eigenvalue weighted by atomic mass is 9.62. The summed E-state index contributed by atoms with van der Waals surface area (Å²) in [6.45, 7) is 18.2. The summed E-state index contributed by atoms with van der Waals surface area (Å²) in [7, 11) is 0. The zero-order valence-electron chi connectivity index (χ0n) is 80.6. The van der Waals surface area contributed by atoms with Crippen LogP contribution in [-0.2, 0) is 47.7 Å². The third-order valence-corrected chi connectivity index (χ3v) is 51.7. The molecule has 10 nitrogen and oxygen atoms in total. The lowest BCUT2D eigenvalue weighted by molar-refractivity contribution is -0.187. The number of allylic oxidation sites excluding steroid dienone is 10. The Labute approximate surface area is 775 Å². The lowest BCUT2D eigenvalue weighted by Gasteiger charge is -2.46. The first-order valence-corrected chi connectivity index (χ1v) is 57.1. The number of fused-ring (bicyclic) bond motifs is 61. The average molecular weight is 1750 g/mol. The van der Waals surface area contributed by atoms with Gasteiger partial charge in [0, 0.05) is 11.8 Å². The van der Waals surface area contributed by atoms with Gasteiger partial charge in [-0.25, -0.2) is 0 Å². The number of esters is 5. The zero-order chi connectivity index (χ0) is 86.7. The van der Waals surface area contributed by atoms with Crippen molar-refractivity contribution in [3.63, 3.8) is 0 Å². The predicted octanol–water partition coefficient (Wildman–Crippen LogP) is 25.3. The van der Waals surface area contributed by atoms with Gasteiger partial charge >= 0.3 is 29.8 Å². The Morgan fingerprint density at radius 3 is 0.946 bits per heavy atom. The number of hydrogen-bond donors (Lipinski definition) is 0. The van der Waals surface area contributed by atoms with Crippen molar-refractivity contribution in [1.29, 1.82) is 0 Å². The maximum absolute atomic E-state index is 13.8. The fraction of sp³-hybridized carbons (Fsp3) is 0.874. The van der Waals surface area contributed by atoms with E-state index < -0.39 is 0 Å². The van der Waals surface area contributed by atoms with Crippen LogP contribution < -0.4 is 0 Å². The molecule has 10 heteroatoms. The average Bonchev–Trinajstić information content (AvgIpc) is 1.52. The smallest absolute Gasteiger partial charge is 0.312 e. The Balaban J connectivity index is 0.0000000814. The Morgan fingerprint density at radius 1 is 0.271 bits per heavy atom. The number of ether oxygens (including phenoxy) is 5. The second-order valence-electron chi connectivity index (χ2n) is 55.2. The summed E-state index contributed by atoms with van der Waals surface area (Å²) in [5, 5.41) is 0. The number of rotatable bonds is 15. The standard InChI is InChI=1S/C26H36O2.C25H34O2.2C23H32O2.C22H30O2/c1-3-26(13-16-10-20(26)19-6-4-5-18(16)19)28-24(27)25(2)12-17-11-21(25)23-15-8-7-14(9-15)22(17)23;1-2-25(12-16-11-21(25)18-5-3-4-17(16)18)27-24(26)20-10-15-9-19(20)23-14-7-6-13(8-14)22(15)23;1-12(2)23(11-13-3-6-17(23)7-13)25-22(24)19-10-16-9-18(19)21-15-5-4-14(8-15)20(16)21;1-3-23(11-13-4-7-17(23)8-13)25-21(24)22(2)12-16-10-18(22)20-15-6-5-14(9-15)19(16)20;1-2-22(11-12-3-6-16(22)7-12)24-21(23)18-10-15-9-17(18)20-14-5-4-13(8-14)19(15)20/h7-8,14-23H,3-6,9-13H2,1-2H3;6-7,13-23H,2-5,8-12H2,1H3;4-5,12-21H,3,6-11H2,1-2H3;5-6,13-20H,3-4,7-12H2,1-2H3;4-5,12-20H,2-3,6-11H2,1H3. The summed E-state index contributed by atoms with van der Waals surface area (Å²) < 4.78 is 32.7. The van der Waals surface area contributed by atoms with Crippen LogP contribution in [0.4, 0.5) is 0 Å². The highest BCUT2D eigenvalue weighted by molar-refractivity contribution is 5.80. The van der Waals surface area contributed by atoms with Gasteiger partial charge in [-0.05, 0) is 519 Å². The van der Waals surface area contributed by atoms with E-state index in [9.17, 15) is 24.0 Å². The van der Waals surface area contributed by atoms with Crippen LogP contribution in [0.3, 0.4) is 0 Å². The summed E-state index contributed by atoms with van der Waals surface area (Å²) in [5.74, 6) is 36.9. The molecule has 0 aromatic carbocycles. The first-order valence-electron chi connectivity index (χ1n) is 57.1. The van der Waals surface area contributed by atoms with Crippen molar-refractivity contribution in [2.75, 3.05) is 0 Å². The molecule has 0 saturated heterocycles. The SMILES string of the molecule is CC(C)C1(OC(=O)C2CC3CC2C2C4C=CC(C4)C32)CC2CCC1C2.CCC1(OC(=O)C2(C)CC3CC2C2C4C=CC(C4)C32)CC2CC1C1CCCC21.CCC1(OC(=O)C2(C)CC3CC2C2C4C=CC(C4)C32)CC2CCC1C2.CCC1(OC(=O)C2CC3CC2C2C4C=CC(C4)C32)CC2CC1C1CCCC21.CCC1(OC(=O)C2CC3CC2C2C4C=CC(C4)C32)CC2CCC1C2. The van der Waals surface area contributed by atoms with Crippen molar-refractivity contribution in [2.45, 2.75) is 347 Å². The highest BCUT2D eigenvalue weighted by Gasteiger charge is 2.74. The molecule has 129 heavy (non-hydrogen) atoms. The van der Waals surface area contributed by atoms with E-state index in [0.29, 0.717) is 65.1 Å². The zero-order valence-corrected chi connectivity index (χ0v) is 80.6. The molecule has 32 aliphatic rings. The molecule has 0 N–H and O–H groups in total. The number of carbonyl (C=O) groups is 5. The van der Waals surface area contributed by atoms with E-state index in [1.165, 1.54) is 186 Å². The molecule has 54 unspecified atom stereocenters. The quantitative estimate of drug-likeness (QED) is 0.0676. The second kappa shape index (κ2) is 29.3. The minimum atomic E-state index is -0.205. The molecule has 0 amide bonds. The van der Waals surface area contributed by atoms with Gasteiger partial charge in [-0.2, -0.15) is 0 Å². The maximum Gasteiger partial charge on any atom is 0.312 e. The summed E-state index contributed by atoms with van der Waals surface area (Å²) in [4.78, 5) is 67.3. The monoisotopic (exact) mass is 1750 g/mol. The molecule has 32 aliphatic carbocycles. The van der Waals surface area contributed by atoms with Crippen molar-refractivity contribution in [2.24, 2.45) is 295 Å². The predicted molar refractivity (Wildman–Crippen MR) is 497 cm³/mol. The largest absolute Gasteiger partial charge is 0.459 e. The molecule has 0 spiro atoms. The van der Waals surface area contributed by atoms with Crippen molar-refractivity contribution < 1.29 is 47.7 Å². The van der Waals surface area contributed by atoms with Crippen molar-refractivity contribution >= 4 is 29.8 Å². The molecule has 0 radical (unpaired) electrons. The topological polar surface area (TPSA) is 132 Å². The molecule has 30 bridgehead atoms. The van der Waals surface area contributed by atoms with E-state index in [-0.39, 0.29) is 86.4 Å². The maximum atomic E-state index is 13.8. The van der Waals surface area contributed by atoms with E-state index in [4.69, 9.17) is 23.7 Å². The minimum absolute atomic E-state index is 0.0875. The molecule has 0 aromatic rings. The van der Waals surface area contributed by atoms with Crippen LogP contribution in [0.5, 0.6) is 0 Å². The summed E-state index contributed by atoms with van der Waals surface area (Å²) in [6.07, 6.45) is 76.9. The Kier molecular flexibility index (Phi) is 18.9. The molecule has 0 aliphatic heterocycles. The molecule has 0 aromatic heterocycles. The lowest BCUT2D eigenvalue weighted by Crippen LogP contribution is -2.50. The van der Waals surface area contributed by atoms with Crippen molar-refractivity contribution in [3.8, 4) is 0 Å². The van der Waals surface area contributed by atoms with Crippen LogP contribution in [0.25, 0.3) is 0 Å². The minimum Gasteiger partial charge on any atom is -0.459 e. The first-order chi connectivity index (χ1) is 62.5. The van der Waals surface area contributed by atoms with Gasteiger partial charge < -0.3 is 23.7 Å². The molecule has 700 valence electrons. The molecule has 0 heterocycles. The van der Waals surface area contributed by atoms with E-state index in [1.54, 1.807) is 0 Å². The van der Waals surface area contributed by atoms with E-state index >= 15 is 0 Å². The van der Waals surface area contributed by atoms with Crippen molar-refractivity contribution in [3.05, 3.63) is 60.8 Å². The fourth-order valence-electron chi connectivity index (χ4n) is 47.4. The van der Waals surface area contributed by atoms with Gasteiger partial charge in [0.2, 0.25) is 0 Å². The Hall–Kier alpha value is -3.95. The number of carbonyl (C=O) groups excluding carboxylic acids is 5. The van der Waals surface area contributed by atoms with Crippen LogP contribution in [0.2, 0.25) is 0 Å². The van der Waals surface area contributed by atoms with Gasteiger partial charge in [-0.15, -0.1) is 0 Å². The van der Waals surface area contributed by atoms with Gasteiger partial charge in [-0.3, -0.25) is 24.0 Å². The van der Waals surface area contributed by atoms with Gasteiger partial charge in [-0.1, -0.05) is 115 Å². The van der Waals surface area contributed by atoms with E-state index in [1.807, 2.05) is 0 Å². The second-order valence-corrected chi connectivity index (χ2v) is 55.2. The Morgan fingerprint density at radius 2 is 0.589 bits per heavy atom. The van der Waals surface area contributed by atoms with Gasteiger partial charge in [0.1, 0.15) is 28.0 Å². The van der Waals surface area contributed by atoms with Gasteiger partial charge in [0.05, 0.1) is 28.6 Å². The summed E-state index contributed by atoms with van der Waals surface area (Å²) >= 11 is 0. The molecule has 27 saturated carbocycles. The highest BCUT2D eigenvalue weighted by Crippen LogP contribution is 2.77. The molecule has 32 rings (SSSR count). The molecule has 27 fully saturated rings. The highest BCUT2D eigenvalue weighted by atomic mass is 16.6. The molecule has 54 atom stereocenters. The number of hydrogen-bond acceptors (Lipinski definition) is 10. The van der Waals surface area contributed by atoms with Crippen LogP contribution >= 0.6 is 0 Å². The van der Waals surface area contributed by atoms with Crippen LogP contribution in [0.15, 0.2) is 60.8 Å². The summed E-state index contributed by atoms with van der Waals surface area (Å²) in [5.41, 5.74) is -0.947. The van der Waals surface area contributed by atoms with Crippen molar-refractivity contribution in [1.82, 2.24) is 0 Å². The normalized spacial score (nSPS) is 59.7. The third-order valence-electron chi connectivity index (χ3n) is 51.7. The van der Waals surface area contributed by atoms with Gasteiger partial charge in [0.25, 0.3) is 0 Å². The van der Waals surface area contributed by atoms with E-state index in [2.05, 4.69) is 116 Å². The summed E-state index contributed by atoms with van der Waals surface area (Å²) in [6, 6.07) is 0. The van der Waals surface area contributed by atoms with Crippen LogP contribution in [0.1, 0.15) is 319 Å². The third kappa shape index (κ3) is 11.5. The molecular formula is C119H164O10. The first kappa shape index (κ1) is 83.2. The van der Waals surface area contributed by atoms with Crippen LogP contribution in [-0.4, -0.2) is 57.9 Å². The fourth-order valence-corrected chi connectivity index (χ4v) is 47.4.